The summed E-state index contributed by atoms with van der Waals surface area (Å²) in [5.74, 6) is 0.193. The molecule has 4 N–H and O–H groups in total. The van der Waals surface area contributed by atoms with E-state index in [1.165, 1.54) is 12.1 Å². The summed E-state index contributed by atoms with van der Waals surface area (Å²) in [4.78, 5) is 23.0. The first-order valence-corrected chi connectivity index (χ1v) is 10.8. The van der Waals surface area contributed by atoms with E-state index in [2.05, 4.69) is 25.5 Å². The Labute approximate surface area is 210 Å². The molecule has 2 unspecified atom stereocenters. The number of guanidine groups is 1. The first-order chi connectivity index (χ1) is 15.0. The number of nitrogens with one attached hydrogen (secondary N) is 2. The van der Waals surface area contributed by atoms with E-state index >= 15 is 0 Å². The van der Waals surface area contributed by atoms with Gasteiger partial charge in [-0.05, 0) is 49.6 Å². The maximum atomic E-state index is 13.1. The Bertz CT molecular complexity index is 914. The lowest BCUT2D eigenvalue weighted by Crippen LogP contribution is -2.45. The molecule has 7 nitrogen and oxygen atoms in total. The fourth-order valence-corrected chi connectivity index (χ4v) is 3.80. The lowest BCUT2D eigenvalue weighted by Gasteiger charge is -2.20. The smallest absolute Gasteiger partial charge is 0.222 e. The number of primary amides is 1. The van der Waals surface area contributed by atoms with Crippen molar-refractivity contribution in [3.8, 4) is 0 Å². The van der Waals surface area contributed by atoms with E-state index in [4.69, 9.17) is 17.3 Å². The molecule has 0 bridgehead atoms. The van der Waals surface area contributed by atoms with Crippen molar-refractivity contribution in [2.24, 2.45) is 16.6 Å². The highest BCUT2D eigenvalue weighted by molar-refractivity contribution is 14.0. The Morgan fingerprint density at radius 1 is 1.38 bits per heavy atom. The Kier molecular flexibility index (Phi) is 10.4. The molecule has 32 heavy (non-hydrogen) atoms. The van der Waals surface area contributed by atoms with Crippen molar-refractivity contribution in [2.75, 3.05) is 31.1 Å². The highest BCUT2D eigenvalue weighted by Crippen LogP contribution is 2.25. The molecule has 1 aliphatic heterocycles. The Morgan fingerprint density at radius 2 is 2.12 bits per heavy atom. The van der Waals surface area contributed by atoms with Crippen LogP contribution in [0.25, 0.3) is 0 Å². The van der Waals surface area contributed by atoms with Crippen LogP contribution >= 0.6 is 35.6 Å². The number of amides is 1. The van der Waals surface area contributed by atoms with Crippen LogP contribution in [-0.4, -0.2) is 49.1 Å². The van der Waals surface area contributed by atoms with Crippen LogP contribution in [0.15, 0.2) is 47.6 Å². The SMILES string of the molecule is CCNC(=NCC(Cc1ccc(F)cc1)C(N)=O)NC1CCN(c2ncccc2Cl)C1.I. The zero-order valence-corrected chi connectivity index (χ0v) is 21.0. The minimum atomic E-state index is -0.478. The van der Waals surface area contributed by atoms with Crippen molar-refractivity contribution in [1.29, 1.82) is 0 Å². The molecule has 0 radical (unpaired) electrons. The van der Waals surface area contributed by atoms with Crippen LogP contribution in [0.3, 0.4) is 0 Å². The van der Waals surface area contributed by atoms with Gasteiger partial charge in [0.1, 0.15) is 11.6 Å². The number of pyridine rings is 1. The van der Waals surface area contributed by atoms with Gasteiger partial charge in [-0.15, -0.1) is 24.0 Å². The average molecular weight is 575 g/mol. The molecule has 1 aliphatic rings. The van der Waals surface area contributed by atoms with Crippen molar-refractivity contribution in [3.63, 3.8) is 0 Å². The van der Waals surface area contributed by atoms with Crippen LogP contribution in [0.4, 0.5) is 10.2 Å². The van der Waals surface area contributed by atoms with E-state index in [1.54, 1.807) is 18.3 Å². The first kappa shape index (κ1) is 26.1. The number of carbonyl (C=O) groups is 1. The second kappa shape index (κ2) is 12.8. The molecule has 2 aromatic rings. The summed E-state index contributed by atoms with van der Waals surface area (Å²) >= 11 is 6.27. The Morgan fingerprint density at radius 3 is 2.78 bits per heavy atom. The molecule has 1 saturated heterocycles. The van der Waals surface area contributed by atoms with Crippen molar-refractivity contribution < 1.29 is 9.18 Å². The van der Waals surface area contributed by atoms with Gasteiger partial charge in [0.25, 0.3) is 0 Å². The summed E-state index contributed by atoms with van der Waals surface area (Å²) in [6.45, 7) is 4.49. The standard InChI is InChI=1S/C22H28ClFN6O.HI/c1-2-26-22(28-13-16(20(25)31)12-15-5-7-17(24)8-6-15)29-18-9-11-30(14-18)21-19(23)4-3-10-27-21;/h3-8,10,16,18H,2,9,11-14H2,1H3,(H2,25,31)(H2,26,28,29);1H. The van der Waals surface area contributed by atoms with Crippen molar-refractivity contribution in [1.82, 2.24) is 15.6 Å². The van der Waals surface area contributed by atoms with Crippen LogP contribution in [0, 0.1) is 11.7 Å². The van der Waals surface area contributed by atoms with E-state index in [1.807, 2.05) is 19.1 Å². The number of aromatic nitrogens is 1. The van der Waals surface area contributed by atoms with Gasteiger partial charge in [-0.1, -0.05) is 23.7 Å². The highest BCUT2D eigenvalue weighted by atomic mass is 127. The van der Waals surface area contributed by atoms with Crippen LogP contribution in [-0.2, 0) is 11.2 Å². The molecule has 0 aliphatic carbocycles. The van der Waals surface area contributed by atoms with Crippen molar-refractivity contribution in [2.45, 2.75) is 25.8 Å². The van der Waals surface area contributed by atoms with Crippen LogP contribution in [0.1, 0.15) is 18.9 Å². The van der Waals surface area contributed by atoms with E-state index in [0.29, 0.717) is 23.9 Å². The van der Waals surface area contributed by atoms with E-state index in [0.717, 1.165) is 30.9 Å². The lowest BCUT2D eigenvalue weighted by molar-refractivity contribution is -0.121. The molecule has 1 aromatic heterocycles. The van der Waals surface area contributed by atoms with Crippen molar-refractivity contribution >= 4 is 53.3 Å². The van der Waals surface area contributed by atoms with Gasteiger partial charge < -0.3 is 21.3 Å². The fraction of sp³-hybridized carbons (Fsp3) is 0.409. The second-order valence-electron chi connectivity index (χ2n) is 7.53. The minimum Gasteiger partial charge on any atom is -0.369 e. The third-order valence-corrected chi connectivity index (χ3v) is 5.47. The summed E-state index contributed by atoms with van der Waals surface area (Å²) in [6.07, 6.45) is 3.05. The molecule has 1 fully saturated rings. The monoisotopic (exact) mass is 574 g/mol. The fourth-order valence-electron chi connectivity index (χ4n) is 3.56. The molecule has 10 heteroatoms. The first-order valence-electron chi connectivity index (χ1n) is 10.4. The average Bonchev–Trinajstić information content (AvgIpc) is 3.21. The van der Waals surface area contributed by atoms with Crippen LogP contribution < -0.4 is 21.3 Å². The Balaban J connectivity index is 0.00000363. The van der Waals surface area contributed by atoms with E-state index in [9.17, 15) is 9.18 Å². The number of aliphatic imine (C=N–C) groups is 1. The number of hydrogen-bond acceptors (Lipinski definition) is 4. The molecule has 3 rings (SSSR count). The predicted octanol–water partition coefficient (Wildman–Crippen LogP) is 2.97. The Hall–Kier alpha value is -2.14. The van der Waals surface area contributed by atoms with Crippen molar-refractivity contribution in [3.05, 3.63) is 59.0 Å². The summed E-state index contributed by atoms with van der Waals surface area (Å²) in [6, 6.07) is 9.89. The van der Waals surface area contributed by atoms with Gasteiger partial charge in [0.05, 0.1) is 17.5 Å². The van der Waals surface area contributed by atoms with Gasteiger partial charge in [-0.25, -0.2) is 9.37 Å². The molecule has 2 atom stereocenters. The quantitative estimate of drug-likeness (QED) is 0.256. The molecular weight excluding hydrogens is 546 g/mol. The number of anilines is 1. The molecule has 2 heterocycles. The highest BCUT2D eigenvalue weighted by Gasteiger charge is 2.25. The zero-order valence-electron chi connectivity index (χ0n) is 17.9. The van der Waals surface area contributed by atoms with Gasteiger partial charge in [0.2, 0.25) is 5.91 Å². The number of rotatable bonds is 8. The third-order valence-electron chi connectivity index (χ3n) is 5.18. The summed E-state index contributed by atoms with van der Waals surface area (Å²) in [5, 5.41) is 7.28. The van der Waals surface area contributed by atoms with Gasteiger partial charge in [-0.2, -0.15) is 0 Å². The number of benzene rings is 1. The lowest BCUT2D eigenvalue weighted by atomic mass is 9.99. The van der Waals surface area contributed by atoms with E-state index < -0.39 is 11.8 Å². The normalized spacial score (nSPS) is 16.9. The number of hydrogen-bond donors (Lipinski definition) is 3. The number of nitrogens with two attached hydrogens (primary N) is 1. The molecule has 1 amide bonds. The number of nitrogens with zero attached hydrogens (tertiary/aromatic N) is 3. The predicted molar refractivity (Wildman–Crippen MR) is 137 cm³/mol. The third kappa shape index (κ3) is 7.47. The summed E-state index contributed by atoms with van der Waals surface area (Å²) in [7, 11) is 0. The van der Waals surface area contributed by atoms with Crippen LogP contribution in [0.2, 0.25) is 5.02 Å². The second-order valence-corrected chi connectivity index (χ2v) is 7.94. The maximum Gasteiger partial charge on any atom is 0.222 e. The zero-order chi connectivity index (χ0) is 22.2. The molecule has 1 aromatic carbocycles. The number of carbonyl (C=O) groups excluding carboxylic acids is 1. The summed E-state index contributed by atoms with van der Waals surface area (Å²) < 4.78 is 13.1. The molecule has 0 saturated carbocycles. The minimum absolute atomic E-state index is 0. The van der Waals surface area contributed by atoms with E-state index in [-0.39, 0.29) is 42.4 Å². The van der Waals surface area contributed by atoms with Crippen LogP contribution in [0.5, 0.6) is 0 Å². The maximum absolute atomic E-state index is 13.1. The van der Waals surface area contributed by atoms with Gasteiger partial charge >= 0.3 is 0 Å². The summed E-state index contributed by atoms with van der Waals surface area (Å²) in [5.41, 5.74) is 6.43. The molecule has 0 spiro atoms. The number of halogens is 3. The molecule has 174 valence electrons. The van der Waals surface area contributed by atoms with Gasteiger partial charge in [0, 0.05) is 31.9 Å². The molecular formula is C22H29ClFIN6O. The topological polar surface area (TPSA) is 95.6 Å². The van der Waals surface area contributed by atoms with Gasteiger partial charge in [-0.3, -0.25) is 9.79 Å². The largest absolute Gasteiger partial charge is 0.369 e. The van der Waals surface area contributed by atoms with Gasteiger partial charge in [0.15, 0.2) is 5.96 Å².